The number of carbonyl (C=O) groups is 2. The minimum atomic E-state index is -5.46. The van der Waals surface area contributed by atoms with Crippen LogP contribution in [-0.4, -0.2) is 42.0 Å². The van der Waals surface area contributed by atoms with Gasteiger partial charge in [0.25, 0.3) is 0 Å². The zero-order valence-electron chi connectivity index (χ0n) is 20.8. The first-order chi connectivity index (χ1) is 18.6. The van der Waals surface area contributed by atoms with Crippen molar-refractivity contribution in [2.75, 3.05) is 6.54 Å². The fraction of sp³-hybridized carbons (Fsp3) is 0.385. The van der Waals surface area contributed by atoms with Crippen LogP contribution in [0, 0.1) is 11.6 Å². The molecule has 2 atom stereocenters. The minimum absolute atomic E-state index is 0.160. The predicted molar refractivity (Wildman–Crippen MR) is 127 cm³/mol. The fourth-order valence-corrected chi connectivity index (χ4v) is 3.88. The average Bonchev–Trinajstić information content (AvgIpc) is 2.81. The fourth-order valence-electron chi connectivity index (χ4n) is 3.88. The van der Waals surface area contributed by atoms with Gasteiger partial charge >= 0.3 is 24.4 Å². The summed E-state index contributed by atoms with van der Waals surface area (Å²) in [5.41, 5.74) is -0.446. The smallest absolute Gasteiger partial charge is 0.465 e. The number of halogens is 8. The number of carboxylic acid groups (broad SMARTS) is 1. The van der Waals surface area contributed by atoms with Crippen LogP contribution >= 0.6 is 0 Å². The number of esters is 1. The third-order valence-corrected chi connectivity index (χ3v) is 5.67. The molecular formula is C26H26F8N2O4. The highest BCUT2D eigenvalue weighted by Gasteiger charge is 2.43. The van der Waals surface area contributed by atoms with Gasteiger partial charge in [-0.2, -0.15) is 26.3 Å². The van der Waals surface area contributed by atoms with Crippen LogP contribution in [0.3, 0.4) is 0 Å². The third-order valence-electron chi connectivity index (χ3n) is 5.67. The van der Waals surface area contributed by atoms with E-state index in [0.29, 0.717) is 30.9 Å². The molecule has 3 N–H and O–H groups in total. The Morgan fingerprint density at radius 2 is 1.65 bits per heavy atom. The number of rotatable bonds is 13. The lowest BCUT2D eigenvalue weighted by molar-refractivity contribution is -0.205. The SMILES string of the molecule is C=CCCCc1ccc(C(F)(F)F)cc1CNC[C@H](OC(=O)C(F)(F)F)[C@H](Cc1cc(F)cc(F)c1)NC(=O)O. The van der Waals surface area contributed by atoms with Crippen LogP contribution in [0.4, 0.5) is 39.9 Å². The second kappa shape index (κ2) is 14.1. The molecule has 0 aliphatic heterocycles. The summed E-state index contributed by atoms with van der Waals surface area (Å²) in [4.78, 5) is 23.0. The number of carbonyl (C=O) groups excluding carboxylic acids is 1. The van der Waals surface area contributed by atoms with Crippen molar-refractivity contribution in [3.8, 4) is 0 Å². The lowest BCUT2D eigenvalue weighted by Gasteiger charge is -2.28. The Bertz CT molecular complexity index is 1160. The molecule has 0 bridgehead atoms. The number of allylic oxidation sites excluding steroid dienone is 1. The van der Waals surface area contributed by atoms with Gasteiger partial charge in [-0.25, -0.2) is 18.4 Å². The van der Waals surface area contributed by atoms with Gasteiger partial charge in [0.1, 0.15) is 17.7 Å². The number of hydrogen-bond acceptors (Lipinski definition) is 4. The normalized spacial score (nSPS) is 13.4. The first-order valence-electron chi connectivity index (χ1n) is 11.8. The highest BCUT2D eigenvalue weighted by molar-refractivity contribution is 5.76. The minimum Gasteiger partial charge on any atom is -0.465 e. The van der Waals surface area contributed by atoms with Gasteiger partial charge in [0.15, 0.2) is 0 Å². The number of aryl methyl sites for hydroxylation is 1. The molecule has 0 saturated carbocycles. The van der Waals surface area contributed by atoms with E-state index in [2.05, 4.69) is 16.6 Å². The van der Waals surface area contributed by atoms with Crippen molar-refractivity contribution >= 4 is 12.1 Å². The number of amides is 1. The van der Waals surface area contributed by atoms with Gasteiger partial charge in [-0.1, -0.05) is 12.1 Å². The van der Waals surface area contributed by atoms with E-state index in [-0.39, 0.29) is 17.7 Å². The molecule has 0 heterocycles. The summed E-state index contributed by atoms with van der Waals surface area (Å²) in [6.45, 7) is 2.60. The Morgan fingerprint density at radius 3 is 2.20 bits per heavy atom. The second-order valence-corrected chi connectivity index (χ2v) is 8.77. The van der Waals surface area contributed by atoms with E-state index in [0.717, 1.165) is 24.3 Å². The maximum Gasteiger partial charge on any atom is 0.490 e. The second-order valence-electron chi connectivity index (χ2n) is 8.77. The molecule has 0 spiro atoms. The molecule has 40 heavy (non-hydrogen) atoms. The number of ether oxygens (including phenoxy) is 1. The predicted octanol–water partition coefficient (Wildman–Crippen LogP) is 5.93. The van der Waals surface area contributed by atoms with Crippen molar-refractivity contribution in [1.29, 1.82) is 0 Å². The Balaban J connectivity index is 2.34. The van der Waals surface area contributed by atoms with E-state index in [4.69, 9.17) is 0 Å². The molecule has 0 unspecified atom stereocenters. The molecule has 0 radical (unpaired) electrons. The van der Waals surface area contributed by atoms with Gasteiger partial charge in [-0.05, 0) is 66.6 Å². The molecule has 0 saturated heterocycles. The zero-order chi connectivity index (χ0) is 30.1. The molecule has 220 valence electrons. The summed E-state index contributed by atoms with van der Waals surface area (Å²) < 4.78 is 111. The zero-order valence-corrected chi connectivity index (χ0v) is 20.8. The van der Waals surface area contributed by atoms with E-state index in [1.165, 1.54) is 6.07 Å². The Kier molecular flexibility index (Phi) is 11.5. The van der Waals surface area contributed by atoms with Gasteiger partial charge in [0.2, 0.25) is 0 Å². The summed E-state index contributed by atoms with van der Waals surface area (Å²) >= 11 is 0. The quantitative estimate of drug-likeness (QED) is 0.118. The molecule has 2 aromatic carbocycles. The van der Waals surface area contributed by atoms with Crippen molar-refractivity contribution < 1.29 is 54.6 Å². The van der Waals surface area contributed by atoms with E-state index in [1.807, 2.05) is 5.32 Å². The summed E-state index contributed by atoms with van der Waals surface area (Å²) in [5, 5.41) is 13.7. The molecule has 2 rings (SSSR count). The lowest BCUT2D eigenvalue weighted by Crippen LogP contribution is -2.51. The molecule has 6 nitrogen and oxygen atoms in total. The molecule has 0 fully saturated rings. The Hall–Kier alpha value is -3.68. The summed E-state index contributed by atoms with van der Waals surface area (Å²) in [6.07, 6.45) is -11.2. The molecule has 0 aliphatic rings. The first kappa shape index (κ1) is 32.5. The van der Waals surface area contributed by atoms with Crippen molar-refractivity contribution in [3.05, 3.63) is 82.9 Å². The highest BCUT2D eigenvalue weighted by atomic mass is 19.4. The van der Waals surface area contributed by atoms with Crippen LogP contribution in [0.15, 0.2) is 49.1 Å². The number of unbranched alkanes of at least 4 members (excludes halogenated alkanes) is 1. The van der Waals surface area contributed by atoms with E-state index in [9.17, 15) is 49.8 Å². The van der Waals surface area contributed by atoms with Crippen LogP contribution in [0.2, 0.25) is 0 Å². The van der Waals surface area contributed by atoms with Crippen molar-refractivity contribution in [2.24, 2.45) is 0 Å². The van der Waals surface area contributed by atoms with Crippen LogP contribution in [0.25, 0.3) is 0 Å². The molecular weight excluding hydrogens is 556 g/mol. The Morgan fingerprint density at radius 1 is 1.00 bits per heavy atom. The monoisotopic (exact) mass is 582 g/mol. The van der Waals surface area contributed by atoms with Gasteiger partial charge in [0, 0.05) is 19.2 Å². The van der Waals surface area contributed by atoms with Gasteiger partial charge in [-0.15, -0.1) is 6.58 Å². The molecule has 0 aromatic heterocycles. The van der Waals surface area contributed by atoms with Crippen molar-refractivity contribution in [1.82, 2.24) is 10.6 Å². The molecule has 14 heteroatoms. The van der Waals surface area contributed by atoms with Crippen molar-refractivity contribution in [3.63, 3.8) is 0 Å². The Labute approximate surface area is 224 Å². The maximum absolute atomic E-state index is 13.7. The maximum atomic E-state index is 13.7. The van der Waals surface area contributed by atoms with Gasteiger partial charge in [-0.3, -0.25) is 0 Å². The standard InChI is InChI=1S/C26H26F8N2O4/c1-2-3-4-5-16-6-7-18(25(29,30)31)11-17(16)13-35-14-22(40-23(37)26(32,33)34)21(36-24(38)39)10-15-8-19(27)12-20(28)9-15/h2,6-9,11-12,21-22,35-36H,1,3-5,10,13-14H2,(H,38,39)/t21-,22-/m0/s1. The summed E-state index contributed by atoms with van der Waals surface area (Å²) in [7, 11) is 0. The lowest BCUT2D eigenvalue weighted by atomic mass is 9.98. The largest absolute Gasteiger partial charge is 0.490 e. The average molecular weight is 582 g/mol. The van der Waals surface area contributed by atoms with Crippen LogP contribution in [0.5, 0.6) is 0 Å². The third kappa shape index (κ3) is 10.5. The van der Waals surface area contributed by atoms with Crippen molar-refractivity contribution in [2.45, 2.75) is 56.7 Å². The topological polar surface area (TPSA) is 87.7 Å². The number of benzene rings is 2. The molecule has 0 aliphatic carbocycles. The molecule has 1 amide bonds. The first-order valence-corrected chi connectivity index (χ1v) is 11.8. The summed E-state index contributed by atoms with van der Waals surface area (Å²) in [6, 6.07) is 3.55. The summed E-state index contributed by atoms with van der Waals surface area (Å²) in [5.74, 6) is -4.75. The van der Waals surface area contributed by atoms with Crippen LogP contribution in [-0.2, 0) is 35.1 Å². The van der Waals surface area contributed by atoms with Crippen LogP contribution in [0.1, 0.15) is 35.1 Å². The molecule has 2 aromatic rings. The van der Waals surface area contributed by atoms with E-state index >= 15 is 0 Å². The van der Waals surface area contributed by atoms with E-state index in [1.54, 1.807) is 6.08 Å². The van der Waals surface area contributed by atoms with Crippen LogP contribution < -0.4 is 10.6 Å². The number of hydrogen-bond donors (Lipinski definition) is 3. The van der Waals surface area contributed by atoms with Gasteiger partial charge in [0.05, 0.1) is 11.6 Å². The van der Waals surface area contributed by atoms with Gasteiger partial charge < -0.3 is 20.5 Å². The number of nitrogens with one attached hydrogen (secondary N) is 2. The van der Waals surface area contributed by atoms with E-state index < -0.39 is 66.7 Å². The number of alkyl halides is 6. The highest BCUT2D eigenvalue weighted by Crippen LogP contribution is 2.31.